The molecule has 0 saturated heterocycles. The first kappa shape index (κ1) is 19.0. The van der Waals surface area contributed by atoms with Crippen molar-refractivity contribution in [2.45, 2.75) is 31.8 Å². The first-order valence-electron chi connectivity index (χ1n) is 6.29. The number of nitrogens with zero attached hydrogens (tertiary/aromatic N) is 2. The summed E-state index contributed by atoms with van der Waals surface area (Å²) < 4.78 is 0. The highest BCUT2D eigenvalue weighted by molar-refractivity contribution is 5.98. The van der Waals surface area contributed by atoms with Gasteiger partial charge in [-0.2, -0.15) is 0 Å². The Kier molecular flexibility index (Phi) is 7.86. The normalized spacial score (nSPS) is 14.9. The molecule has 1 amide bonds. The molecule has 1 saturated carbocycles. The van der Waals surface area contributed by atoms with Gasteiger partial charge in [0, 0.05) is 36.7 Å². The number of rotatable bonds is 5. The number of nitrogens with one attached hydrogen (secondary N) is 1. The van der Waals surface area contributed by atoms with Gasteiger partial charge in [0.25, 0.3) is 5.91 Å². The lowest BCUT2D eigenvalue weighted by molar-refractivity contribution is 0.0940. The Morgan fingerprint density at radius 1 is 1.55 bits per heavy atom. The van der Waals surface area contributed by atoms with Crippen LogP contribution >= 0.6 is 24.8 Å². The highest BCUT2D eigenvalue weighted by Crippen LogP contribution is 2.26. The van der Waals surface area contributed by atoms with Crippen LogP contribution in [0.5, 0.6) is 0 Å². The van der Waals surface area contributed by atoms with E-state index in [-0.39, 0.29) is 30.7 Å². The quantitative estimate of drug-likeness (QED) is 0.866. The number of hydrogen-bond acceptors (Lipinski definition) is 4. The maximum Gasteiger partial charge on any atom is 0.255 e. The van der Waals surface area contributed by atoms with E-state index in [1.54, 1.807) is 12.3 Å². The number of amides is 1. The van der Waals surface area contributed by atoms with Crippen molar-refractivity contribution in [1.82, 2.24) is 15.2 Å². The van der Waals surface area contributed by atoms with Gasteiger partial charge in [0.15, 0.2) is 0 Å². The van der Waals surface area contributed by atoms with E-state index in [1.165, 1.54) is 19.0 Å². The molecule has 20 heavy (non-hydrogen) atoms. The topological polar surface area (TPSA) is 71.2 Å². The van der Waals surface area contributed by atoms with Crippen LogP contribution in [0, 0.1) is 0 Å². The molecule has 1 aromatic rings. The molecular weight excluding hydrogens is 299 g/mol. The van der Waals surface area contributed by atoms with Crippen LogP contribution < -0.4 is 11.1 Å². The predicted octanol–water partition coefficient (Wildman–Crippen LogP) is 1.72. The lowest BCUT2D eigenvalue weighted by Gasteiger charge is -2.24. The van der Waals surface area contributed by atoms with Gasteiger partial charge in [-0.25, -0.2) is 0 Å². The number of pyridine rings is 1. The maximum atomic E-state index is 11.9. The Hall–Kier alpha value is -1.04. The molecule has 5 nitrogen and oxygen atoms in total. The van der Waals surface area contributed by atoms with E-state index < -0.39 is 0 Å². The van der Waals surface area contributed by atoms with Gasteiger partial charge in [-0.15, -0.1) is 24.8 Å². The fourth-order valence-corrected chi connectivity index (χ4v) is 1.92. The molecular formula is C13H22Cl2N4O. The first-order chi connectivity index (χ1) is 8.59. The van der Waals surface area contributed by atoms with E-state index in [1.807, 2.05) is 0 Å². The Balaban J connectivity index is 0.00000180. The predicted molar refractivity (Wildman–Crippen MR) is 85.7 cm³/mol. The van der Waals surface area contributed by atoms with Crippen LogP contribution in [0.3, 0.4) is 0 Å². The minimum atomic E-state index is -0.156. The molecule has 1 fully saturated rings. The second-order valence-corrected chi connectivity index (χ2v) is 4.92. The second kappa shape index (κ2) is 8.29. The van der Waals surface area contributed by atoms with Gasteiger partial charge in [-0.3, -0.25) is 14.7 Å². The van der Waals surface area contributed by atoms with Gasteiger partial charge >= 0.3 is 0 Å². The minimum absolute atomic E-state index is 0. The van der Waals surface area contributed by atoms with Gasteiger partial charge in [0.1, 0.15) is 0 Å². The molecule has 3 N–H and O–H groups in total. The summed E-state index contributed by atoms with van der Waals surface area (Å²) in [6.07, 6.45) is 5.62. The summed E-state index contributed by atoms with van der Waals surface area (Å²) >= 11 is 0. The number of halogens is 2. The van der Waals surface area contributed by atoms with Crippen molar-refractivity contribution in [3.05, 3.63) is 24.0 Å². The smallest absolute Gasteiger partial charge is 0.255 e. The standard InChI is InChI=1S/C13H20N4O.2ClH/c1-9(17(2)10-3-4-10)7-16-13(18)11-8-15-6-5-12(11)14;;/h5-6,8-10H,3-4,7H2,1-2H3,(H2,14,15)(H,16,18);2*1H. The van der Waals surface area contributed by atoms with Crippen LogP contribution in [0.4, 0.5) is 5.69 Å². The van der Waals surface area contributed by atoms with Crippen molar-refractivity contribution in [2.24, 2.45) is 0 Å². The molecule has 0 aliphatic heterocycles. The molecule has 7 heteroatoms. The number of nitrogen functional groups attached to an aromatic ring is 1. The molecule has 1 unspecified atom stereocenters. The lowest BCUT2D eigenvalue weighted by Crippen LogP contribution is -2.41. The molecule has 0 radical (unpaired) electrons. The van der Waals surface area contributed by atoms with Crippen molar-refractivity contribution < 1.29 is 4.79 Å². The van der Waals surface area contributed by atoms with Crippen molar-refractivity contribution in [3.8, 4) is 0 Å². The van der Waals surface area contributed by atoms with E-state index in [2.05, 4.69) is 29.2 Å². The van der Waals surface area contributed by atoms with Gasteiger partial charge in [-0.05, 0) is 32.9 Å². The minimum Gasteiger partial charge on any atom is -0.398 e. The van der Waals surface area contributed by atoms with Crippen molar-refractivity contribution >= 4 is 36.4 Å². The molecule has 1 aromatic heterocycles. The van der Waals surface area contributed by atoms with Crippen molar-refractivity contribution in [3.63, 3.8) is 0 Å². The Bertz CT molecular complexity index is 440. The van der Waals surface area contributed by atoms with Crippen LogP contribution in [0.1, 0.15) is 30.1 Å². The molecule has 0 bridgehead atoms. The summed E-state index contributed by atoms with van der Waals surface area (Å²) in [6, 6.07) is 2.66. The number of aromatic nitrogens is 1. The Labute approximate surface area is 132 Å². The molecule has 1 heterocycles. The molecule has 0 aromatic carbocycles. The van der Waals surface area contributed by atoms with E-state index in [0.717, 1.165) is 0 Å². The van der Waals surface area contributed by atoms with Gasteiger partial charge < -0.3 is 11.1 Å². The van der Waals surface area contributed by atoms with Crippen LogP contribution in [0.15, 0.2) is 18.5 Å². The number of anilines is 1. The fourth-order valence-electron chi connectivity index (χ4n) is 1.92. The molecule has 1 atom stereocenters. The largest absolute Gasteiger partial charge is 0.398 e. The number of nitrogens with two attached hydrogens (primary N) is 1. The summed E-state index contributed by atoms with van der Waals surface area (Å²) in [6.45, 7) is 2.74. The Morgan fingerprint density at radius 2 is 2.20 bits per heavy atom. The third kappa shape index (κ3) is 4.81. The lowest BCUT2D eigenvalue weighted by atomic mass is 10.2. The zero-order valence-electron chi connectivity index (χ0n) is 11.7. The van der Waals surface area contributed by atoms with Gasteiger partial charge in [0.2, 0.25) is 0 Å². The number of hydrogen-bond donors (Lipinski definition) is 2. The summed E-state index contributed by atoms with van der Waals surface area (Å²) in [5.41, 5.74) is 6.64. The summed E-state index contributed by atoms with van der Waals surface area (Å²) in [7, 11) is 2.10. The number of carbonyl (C=O) groups is 1. The second-order valence-electron chi connectivity index (χ2n) is 4.92. The molecule has 1 aliphatic rings. The Morgan fingerprint density at radius 3 is 2.75 bits per heavy atom. The van der Waals surface area contributed by atoms with E-state index in [9.17, 15) is 4.79 Å². The molecule has 0 spiro atoms. The average Bonchev–Trinajstić information content (AvgIpc) is 3.19. The monoisotopic (exact) mass is 320 g/mol. The molecule has 2 rings (SSSR count). The molecule has 114 valence electrons. The molecule has 1 aliphatic carbocycles. The van der Waals surface area contributed by atoms with Crippen molar-refractivity contribution in [2.75, 3.05) is 19.3 Å². The summed E-state index contributed by atoms with van der Waals surface area (Å²) in [4.78, 5) is 18.2. The highest BCUT2D eigenvalue weighted by Gasteiger charge is 2.29. The average molecular weight is 321 g/mol. The van der Waals surface area contributed by atoms with Gasteiger partial charge in [0.05, 0.1) is 5.56 Å². The van der Waals surface area contributed by atoms with Crippen LogP contribution in [0.2, 0.25) is 0 Å². The third-order valence-corrected chi connectivity index (χ3v) is 3.48. The van der Waals surface area contributed by atoms with E-state index in [0.29, 0.717) is 29.9 Å². The SMILES string of the molecule is CC(CNC(=O)c1cnccc1N)N(C)C1CC1.Cl.Cl. The zero-order chi connectivity index (χ0) is 13.1. The number of carbonyl (C=O) groups excluding carboxylic acids is 1. The zero-order valence-corrected chi connectivity index (χ0v) is 13.3. The van der Waals surface area contributed by atoms with Gasteiger partial charge in [-0.1, -0.05) is 0 Å². The summed E-state index contributed by atoms with van der Waals surface area (Å²) in [5.74, 6) is -0.156. The van der Waals surface area contributed by atoms with E-state index >= 15 is 0 Å². The first-order valence-corrected chi connectivity index (χ1v) is 6.29. The third-order valence-electron chi connectivity index (χ3n) is 3.48. The van der Waals surface area contributed by atoms with Crippen molar-refractivity contribution in [1.29, 1.82) is 0 Å². The maximum absolute atomic E-state index is 11.9. The van der Waals surface area contributed by atoms with Crippen LogP contribution in [0.25, 0.3) is 0 Å². The highest BCUT2D eigenvalue weighted by atomic mass is 35.5. The van der Waals surface area contributed by atoms with E-state index in [4.69, 9.17) is 5.73 Å². The number of likely N-dealkylation sites (N-methyl/N-ethyl adjacent to an activating group) is 1. The van der Waals surface area contributed by atoms with Crippen LogP contribution in [-0.2, 0) is 0 Å². The summed E-state index contributed by atoms with van der Waals surface area (Å²) in [5, 5.41) is 2.90. The fraction of sp³-hybridized carbons (Fsp3) is 0.538. The van der Waals surface area contributed by atoms with Crippen LogP contribution in [-0.4, -0.2) is 41.5 Å².